The number of ether oxygens (including phenoxy) is 3. The van der Waals surface area contributed by atoms with Gasteiger partial charge in [-0.3, -0.25) is 4.79 Å². The standard InChI is InChI=1S/C27H36ClN3O5S/c1-18(31-24(32)7-5-6-14-29-25(33)36-27(2,3)4)8-12-21-16-30-26(37-21)35-23-13-11-20(15-22(23)28)34-17-19-9-10-19/h8,11-13,15-16,18-19H,5-7,9-10,14,17H2,1-4H3,(H,29,33)(H,31,32)/b12-8+/t18-/m0/s1. The summed E-state index contributed by atoms with van der Waals surface area (Å²) in [5.74, 6) is 1.89. The Kier molecular flexibility index (Phi) is 10.6. The summed E-state index contributed by atoms with van der Waals surface area (Å²) in [6, 6.07) is 5.25. The van der Waals surface area contributed by atoms with Crippen LogP contribution in [0.4, 0.5) is 4.79 Å². The number of carbonyl (C=O) groups is 2. The molecule has 1 atom stereocenters. The topological polar surface area (TPSA) is 98.8 Å². The summed E-state index contributed by atoms with van der Waals surface area (Å²) >= 11 is 7.73. The van der Waals surface area contributed by atoms with E-state index in [0.717, 1.165) is 17.2 Å². The predicted molar refractivity (Wildman–Crippen MR) is 147 cm³/mol. The smallest absolute Gasteiger partial charge is 0.407 e. The van der Waals surface area contributed by atoms with Crippen LogP contribution < -0.4 is 20.1 Å². The average molecular weight is 550 g/mol. The zero-order valence-corrected chi connectivity index (χ0v) is 23.4. The van der Waals surface area contributed by atoms with E-state index in [-0.39, 0.29) is 11.9 Å². The summed E-state index contributed by atoms with van der Waals surface area (Å²) in [5.41, 5.74) is -0.522. The molecule has 1 aromatic heterocycles. The number of rotatable bonds is 13. The molecule has 1 fully saturated rings. The Morgan fingerprint density at radius 2 is 2.05 bits per heavy atom. The number of nitrogens with zero attached hydrogens (tertiary/aromatic N) is 1. The number of hydrogen-bond donors (Lipinski definition) is 2. The molecule has 1 aromatic carbocycles. The van der Waals surface area contributed by atoms with Crippen LogP contribution in [-0.2, 0) is 9.53 Å². The number of carbonyl (C=O) groups excluding carboxylic acids is 2. The number of unbranched alkanes of at least 4 members (excludes halogenated alkanes) is 1. The van der Waals surface area contributed by atoms with Crippen molar-refractivity contribution in [3.05, 3.63) is 40.4 Å². The number of nitrogens with one attached hydrogen (secondary N) is 2. The lowest BCUT2D eigenvalue weighted by Crippen LogP contribution is -2.33. The third kappa shape index (κ3) is 11.4. The number of benzene rings is 1. The second kappa shape index (κ2) is 13.7. The minimum absolute atomic E-state index is 0.0399. The van der Waals surface area contributed by atoms with Crippen molar-refractivity contribution in [1.29, 1.82) is 0 Å². The van der Waals surface area contributed by atoms with Gasteiger partial charge in [0.25, 0.3) is 5.19 Å². The van der Waals surface area contributed by atoms with Gasteiger partial charge < -0.3 is 24.8 Å². The van der Waals surface area contributed by atoms with E-state index >= 15 is 0 Å². The number of alkyl carbamates (subject to hydrolysis) is 1. The first kappa shape index (κ1) is 28.8. The summed E-state index contributed by atoms with van der Waals surface area (Å²) < 4.78 is 16.8. The number of hydrogen-bond acceptors (Lipinski definition) is 7. The lowest BCUT2D eigenvalue weighted by molar-refractivity contribution is -0.121. The maximum absolute atomic E-state index is 12.2. The molecule has 10 heteroatoms. The Hall–Kier alpha value is -2.78. The molecule has 2 aromatic rings. The summed E-state index contributed by atoms with van der Waals surface area (Å²) in [6.07, 6.45) is 9.29. The fourth-order valence-corrected chi connectivity index (χ4v) is 4.07. The Balaban J connectivity index is 1.34. The maximum atomic E-state index is 12.2. The highest BCUT2D eigenvalue weighted by Gasteiger charge is 2.22. The van der Waals surface area contributed by atoms with E-state index in [2.05, 4.69) is 15.6 Å². The zero-order valence-electron chi connectivity index (χ0n) is 21.8. The highest BCUT2D eigenvalue weighted by Crippen LogP contribution is 2.35. The van der Waals surface area contributed by atoms with Gasteiger partial charge in [-0.2, -0.15) is 0 Å². The van der Waals surface area contributed by atoms with Gasteiger partial charge in [-0.1, -0.05) is 29.0 Å². The van der Waals surface area contributed by atoms with Crippen molar-refractivity contribution in [2.45, 2.75) is 71.4 Å². The Morgan fingerprint density at radius 1 is 1.27 bits per heavy atom. The van der Waals surface area contributed by atoms with Crippen LogP contribution in [0.5, 0.6) is 16.7 Å². The first-order valence-electron chi connectivity index (χ1n) is 12.6. The van der Waals surface area contributed by atoms with E-state index in [9.17, 15) is 9.59 Å². The van der Waals surface area contributed by atoms with Crippen LogP contribution in [0.2, 0.25) is 5.02 Å². The Labute approximate surface area is 227 Å². The van der Waals surface area contributed by atoms with Crippen LogP contribution in [0.1, 0.15) is 64.7 Å². The van der Waals surface area contributed by atoms with Crippen molar-refractivity contribution in [2.24, 2.45) is 5.92 Å². The molecule has 8 nitrogen and oxygen atoms in total. The second-order valence-corrected chi connectivity index (χ2v) is 11.5. The molecular weight excluding hydrogens is 514 g/mol. The quantitative estimate of drug-likeness (QED) is 0.273. The zero-order chi connectivity index (χ0) is 26.8. The molecule has 0 radical (unpaired) electrons. The highest BCUT2D eigenvalue weighted by atomic mass is 35.5. The molecule has 0 spiro atoms. The molecule has 37 heavy (non-hydrogen) atoms. The molecule has 1 saturated carbocycles. The molecule has 202 valence electrons. The summed E-state index contributed by atoms with van der Waals surface area (Å²) in [7, 11) is 0. The van der Waals surface area contributed by atoms with Crippen molar-refractivity contribution >= 4 is 41.0 Å². The molecule has 0 bridgehead atoms. The highest BCUT2D eigenvalue weighted by molar-refractivity contribution is 7.14. The SMILES string of the molecule is C[C@@H](/C=C/c1cnc(Oc2ccc(OCC3CC3)cc2Cl)s1)NC(=O)CCCCNC(=O)OC(C)(C)C. The van der Waals surface area contributed by atoms with Crippen LogP contribution >= 0.6 is 22.9 Å². The van der Waals surface area contributed by atoms with Crippen molar-refractivity contribution in [3.63, 3.8) is 0 Å². The van der Waals surface area contributed by atoms with Crippen molar-refractivity contribution in [1.82, 2.24) is 15.6 Å². The lowest BCUT2D eigenvalue weighted by atomic mass is 10.2. The molecule has 1 heterocycles. The largest absolute Gasteiger partial charge is 0.493 e. The van der Waals surface area contributed by atoms with Gasteiger partial charge in [0, 0.05) is 31.3 Å². The molecule has 0 saturated heterocycles. The van der Waals surface area contributed by atoms with Crippen molar-refractivity contribution < 1.29 is 23.8 Å². The van der Waals surface area contributed by atoms with Gasteiger partial charge in [-0.05, 0) is 77.5 Å². The van der Waals surface area contributed by atoms with E-state index in [1.165, 1.54) is 24.2 Å². The van der Waals surface area contributed by atoms with Gasteiger partial charge in [0.15, 0.2) is 0 Å². The molecule has 1 aliphatic rings. The lowest BCUT2D eigenvalue weighted by Gasteiger charge is -2.19. The maximum Gasteiger partial charge on any atom is 0.407 e. The fraction of sp³-hybridized carbons (Fsp3) is 0.519. The molecule has 2 N–H and O–H groups in total. The molecule has 0 unspecified atom stereocenters. The van der Waals surface area contributed by atoms with E-state index in [0.29, 0.717) is 47.7 Å². The van der Waals surface area contributed by atoms with Crippen molar-refractivity contribution in [2.75, 3.05) is 13.2 Å². The van der Waals surface area contributed by atoms with Gasteiger partial charge >= 0.3 is 6.09 Å². The fourth-order valence-electron chi connectivity index (χ4n) is 3.17. The molecule has 3 rings (SSSR count). The monoisotopic (exact) mass is 549 g/mol. The first-order chi connectivity index (χ1) is 17.6. The third-order valence-electron chi connectivity index (χ3n) is 5.22. The van der Waals surface area contributed by atoms with E-state index < -0.39 is 11.7 Å². The van der Waals surface area contributed by atoms with Crippen LogP contribution in [0.25, 0.3) is 6.08 Å². The normalized spacial score (nSPS) is 14.3. The van der Waals surface area contributed by atoms with Gasteiger partial charge in [-0.25, -0.2) is 9.78 Å². The minimum Gasteiger partial charge on any atom is -0.493 e. The molecular formula is C27H36ClN3O5S. The first-order valence-corrected chi connectivity index (χ1v) is 13.8. The van der Waals surface area contributed by atoms with Crippen LogP contribution in [0, 0.1) is 5.92 Å². The van der Waals surface area contributed by atoms with Gasteiger partial charge in [0.05, 0.1) is 16.5 Å². The van der Waals surface area contributed by atoms with E-state index in [4.69, 9.17) is 25.8 Å². The van der Waals surface area contributed by atoms with E-state index in [1.807, 2.05) is 45.9 Å². The van der Waals surface area contributed by atoms with Crippen LogP contribution in [-0.4, -0.2) is 41.8 Å². The molecule has 1 aliphatic carbocycles. The molecule has 0 aliphatic heterocycles. The van der Waals surface area contributed by atoms with Gasteiger partial charge in [-0.15, -0.1) is 0 Å². The molecule has 2 amide bonds. The predicted octanol–water partition coefficient (Wildman–Crippen LogP) is 6.59. The van der Waals surface area contributed by atoms with Crippen LogP contribution in [0.3, 0.4) is 0 Å². The number of thiazole rings is 1. The number of aromatic nitrogens is 1. The van der Waals surface area contributed by atoms with Gasteiger partial charge in [0.2, 0.25) is 5.91 Å². The van der Waals surface area contributed by atoms with Crippen LogP contribution in [0.15, 0.2) is 30.5 Å². The summed E-state index contributed by atoms with van der Waals surface area (Å²) in [4.78, 5) is 29.0. The minimum atomic E-state index is -0.522. The summed E-state index contributed by atoms with van der Waals surface area (Å²) in [5, 5.41) is 6.59. The number of amides is 2. The van der Waals surface area contributed by atoms with Crippen molar-refractivity contribution in [3.8, 4) is 16.7 Å². The van der Waals surface area contributed by atoms with Gasteiger partial charge in [0.1, 0.15) is 17.1 Å². The number of halogens is 1. The third-order valence-corrected chi connectivity index (χ3v) is 6.36. The Bertz CT molecular complexity index is 1080. The average Bonchev–Trinajstić information content (AvgIpc) is 3.53. The Morgan fingerprint density at radius 3 is 2.76 bits per heavy atom. The van der Waals surface area contributed by atoms with E-state index in [1.54, 1.807) is 18.3 Å². The second-order valence-electron chi connectivity index (χ2n) is 10.1. The summed E-state index contributed by atoms with van der Waals surface area (Å²) in [6.45, 7) is 8.55.